The summed E-state index contributed by atoms with van der Waals surface area (Å²) in [5.41, 5.74) is 3.43. The Kier molecular flexibility index (Phi) is 3.57. The molecule has 0 bridgehead atoms. The number of rotatable bonds is 2. The Morgan fingerprint density at radius 2 is 2.15 bits per heavy atom. The molecule has 0 aromatic carbocycles. The molecule has 0 spiro atoms. The molecule has 1 saturated heterocycles. The van der Waals surface area contributed by atoms with Gasteiger partial charge in [0, 0.05) is 30.6 Å². The highest BCUT2D eigenvalue weighted by molar-refractivity contribution is 5.35. The van der Waals surface area contributed by atoms with Crippen LogP contribution in [0.15, 0.2) is 24.5 Å². The van der Waals surface area contributed by atoms with Gasteiger partial charge in [0.05, 0.1) is 11.4 Å². The van der Waals surface area contributed by atoms with E-state index in [0.717, 1.165) is 18.1 Å². The maximum absolute atomic E-state index is 4.60. The first kappa shape index (κ1) is 13.3. The van der Waals surface area contributed by atoms with Gasteiger partial charge >= 0.3 is 0 Å². The number of imidazole rings is 1. The van der Waals surface area contributed by atoms with Crippen LogP contribution in [-0.4, -0.2) is 39.6 Å². The summed E-state index contributed by atoms with van der Waals surface area (Å²) in [6.45, 7) is 6.39. The third-order valence-corrected chi connectivity index (χ3v) is 4.09. The zero-order chi connectivity index (χ0) is 14.1. The molecule has 1 unspecified atom stereocenters. The Morgan fingerprint density at radius 1 is 1.30 bits per heavy atom. The predicted octanol–water partition coefficient (Wildman–Crippen LogP) is 2.69. The molecule has 0 radical (unpaired) electrons. The normalized spacial score (nSPS) is 20.2. The average Bonchev–Trinajstić information content (AvgIpc) is 2.78. The van der Waals surface area contributed by atoms with Crippen LogP contribution in [0.4, 0.5) is 0 Å². The Balaban J connectivity index is 1.91. The van der Waals surface area contributed by atoms with E-state index in [4.69, 9.17) is 0 Å². The fourth-order valence-corrected chi connectivity index (χ4v) is 3.10. The lowest BCUT2D eigenvalue weighted by Gasteiger charge is -2.29. The van der Waals surface area contributed by atoms with Crippen molar-refractivity contribution in [3.63, 3.8) is 0 Å². The number of likely N-dealkylation sites (N-methyl/N-ethyl adjacent to an activating group) is 1. The SMILES string of the molecule is Cc1cn(-c2ccnc(C3CCCN(C)C3)c2)c(C)n1. The second kappa shape index (κ2) is 5.37. The minimum Gasteiger partial charge on any atom is -0.306 e. The van der Waals surface area contributed by atoms with Crippen molar-refractivity contribution in [1.82, 2.24) is 19.4 Å². The average molecular weight is 270 g/mol. The lowest BCUT2D eigenvalue weighted by atomic mass is 9.94. The largest absolute Gasteiger partial charge is 0.306 e. The summed E-state index contributed by atoms with van der Waals surface area (Å²) in [5.74, 6) is 1.58. The standard InChI is InChI=1S/C16H22N4/c1-12-10-20(13(2)18-12)15-6-7-17-16(9-15)14-5-4-8-19(3)11-14/h6-7,9-10,14H,4-5,8,11H2,1-3H3. The summed E-state index contributed by atoms with van der Waals surface area (Å²) in [6, 6.07) is 4.28. The first-order valence-corrected chi connectivity index (χ1v) is 7.31. The number of likely N-dealkylation sites (tertiary alicyclic amines) is 1. The van der Waals surface area contributed by atoms with Gasteiger partial charge in [-0.3, -0.25) is 4.98 Å². The van der Waals surface area contributed by atoms with Crippen LogP contribution in [0.2, 0.25) is 0 Å². The van der Waals surface area contributed by atoms with Crippen molar-refractivity contribution < 1.29 is 0 Å². The Hall–Kier alpha value is -1.68. The first-order chi connectivity index (χ1) is 9.63. The van der Waals surface area contributed by atoms with Crippen molar-refractivity contribution >= 4 is 0 Å². The van der Waals surface area contributed by atoms with Gasteiger partial charge in [-0.2, -0.15) is 0 Å². The van der Waals surface area contributed by atoms with Gasteiger partial charge in [-0.1, -0.05) is 0 Å². The van der Waals surface area contributed by atoms with Crippen molar-refractivity contribution in [3.05, 3.63) is 41.7 Å². The van der Waals surface area contributed by atoms with E-state index in [9.17, 15) is 0 Å². The monoisotopic (exact) mass is 270 g/mol. The topological polar surface area (TPSA) is 34.0 Å². The zero-order valence-electron chi connectivity index (χ0n) is 12.5. The van der Waals surface area contributed by atoms with E-state index in [-0.39, 0.29) is 0 Å². The maximum atomic E-state index is 4.60. The predicted molar refractivity (Wildman–Crippen MR) is 80.3 cm³/mol. The molecule has 4 nitrogen and oxygen atoms in total. The molecule has 0 saturated carbocycles. The van der Waals surface area contributed by atoms with Crippen LogP contribution in [0.1, 0.15) is 36.0 Å². The molecule has 4 heteroatoms. The minimum absolute atomic E-state index is 0.554. The van der Waals surface area contributed by atoms with Crippen LogP contribution in [0, 0.1) is 13.8 Å². The molecule has 106 valence electrons. The highest BCUT2D eigenvalue weighted by Crippen LogP contribution is 2.26. The van der Waals surface area contributed by atoms with Crippen LogP contribution < -0.4 is 0 Å². The molecular formula is C16H22N4. The maximum Gasteiger partial charge on any atom is 0.110 e. The lowest BCUT2D eigenvalue weighted by molar-refractivity contribution is 0.248. The molecule has 3 heterocycles. The fraction of sp³-hybridized carbons (Fsp3) is 0.500. The molecule has 0 amide bonds. The number of pyridine rings is 1. The molecule has 1 aliphatic rings. The first-order valence-electron chi connectivity index (χ1n) is 7.31. The molecule has 0 N–H and O–H groups in total. The molecule has 0 aliphatic carbocycles. The quantitative estimate of drug-likeness (QED) is 0.841. The molecule has 2 aromatic heterocycles. The van der Waals surface area contributed by atoms with E-state index in [2.05, 4.69) is 44.8 Å². The van der Waals surface area contributed by atoms with E-state index in [1.165, 1.54) is 30.8 Å². The summed E-state index contributed by atoms with van der Waals surface area (Å²) < 4.78 is 2.15. The Bertz CT molecular complexity index is 602. The second-order valence-electron chi connectivity index (χ2n) is 5.84. The van der Waals surface area contributed by atoms with Gasteiger partial charge < -0.3 is 9.47 Å². The third-order valence-electron chi connectivity index (χ3n) is 4.09. The van der Waals surface area contributed by atoms with Crippen molar-refractivity contribution in [3.8, 4) is 5.69 Å². The summed E-state index contributed by atoms with van der Waals surface area (Å²) in [6.07, 6.45) is 6.51. The number of hydrogen-bond donors (Lipinski definition) is 0. The van der Waals surface area contributed by atoms with E-state index < -0.39 is 0 Å². The van der Waals surface area contributed by atoms with Gasteiger partial charge in [-0.15, -0.1) is 0 Å². The molecule has 2 aromatic rings. The summed E-state index contributed by atoms with van der Waals surface area (Å²) in [7, 11) is 2.19. The van der Waals surface area contributed by atoms with E-state index >= 15 is 0 Å². The molecule has 1 atom stereocenters. The van der Waals surface area contributed by atoms with Crippen LogP contribution >= 0.6 is 0 Å². The molecular weight excluding hydrogens is 248 g/mol. The summed E-state index contributed by atoms with van der Waals surface area (Å²) >= 11 is 0. The van der Waals surface area contributed by atoms with Gasteiger partial charge in [0.2, 0.25) is 0 Å². The number of aromatic nitrogens is 3. The smallest absolute Gasteiger partial charge is 0.110 e. The van der Waals surface area contributed by atoms with Gasteiger partial charge in [0.1, 0.15) is 5.82 Å². The van der Waals surface area contributed by atoms with Crippen molar-refractivity contribution in [1.29, 1.82) is 0 Å². The van der Waals surface area contributed by atoms with E-state index in [1.807, 2.05) is 20.0 Å². The molecule has 1 aliphatic heterocycles. The molecule has 20 heavy (non-hydrogen) atoms. The van der Waals surface area contributed by atoms with Crippen LogP contribution in [0.25, 0.3) is 5.69 Å². The Morgan fingerprint density at radius 3 is 2.85 bits per heavy atom. The van der Waals surface area contributed by atoms with E-state index in [1.54, 1.807) is 0 Å². The van der Waals surface area contributed by atoms with E-state index in [0.29, 0.717) is 5.92 Å². The summed E-state index contributed by atoms with van der Waals surface area (Å²) in [4.78, 5) is 11.5. The van der Waals surface area contributed by atoms with Gasteiger partial charge in [-0.25, -0.2) is 4.98 Å². The minimum atomic E-state index is 0.554. The highest BCUT2D eigenvalue weighted by atomic mass is 15.1. The van der Waals surface area contributed by atoms with Crippen LogP contribution in [0.3, 0.4) is 0 Å². The number of aryl methyl sites for hydroxylation is 2. The summed E-state index contributed by atoms with van der Waals surface area (Å²) in [5, 5.41) is 0. The Labute approximate surface area is 120 Å². The number of hydrogen-bond acceptors (Lipinski definition) is 3. The van der Waals surface area contributed by atoms with Gasteiger partial charge in [-0.05, 0) is 52.4 Å². The van der Waals surface area contributed by atoms with Crippen LogP contribution in [0.5, 0.6) is 0 Å². The highest BCUT2D eigenvalue weighted by Gasteiger charge is 2.20. The van der Waals surface area contributed by atoms with Crippen LogP contribution in [-0.2, 0) is 0 Å². The van der Waals surface area contributed by atoms with Gasteiger partial charge in [0.15, 0.2) is 0 Å². The molecule has 3 rings (SSSR count). The second-order valence-corrected chi connectivity index (χ2v) is 5.84. The lowest BCUT2D eigenvalue weighted by Crippen LogP contribution is -2.31. The van der Waals surface area contributed by atoms with Crippen molar-refractivity contribution in [2.24, 2.45) is 0 Å². The van der Waals surface area contributed by atoms with Crippen molar-refractivity contribution in [2.45, 2.75) is 32.6 Å². The van der Waals surface area contributed by atoms with Crippen molar-refractivity contribution in [2.75, 3.05) is 20.1 Å². The van der Waals surface area contributed by atoms with Gasteiger partial charge in [0.25, 0.3) is 0 Å². The molecule has 1 fully saturated rings. The third kappa shape index (κ3) is 2.61. The number of piperidine rings is 1. The number of nitrogens with zero attached hydrogens (tertiary/aromatic N) is 4. The fourth-order valence-electron chi connectivity index (χ4n) is 3.10. The zero-order valence-corrected chi connectivity index (χ0v) is 12.5.